The Morgan fingerprint density at radius 3 is 2.64 bits per heavy atom. The summed E-state index contributed by atoms with van der Waals surface area (Å²) in [7, 11) is 1.66. The van der Waals surface area contributed by atoms with Gasteiger partial charge in [-0.2, -0.15) is 18.3 Å². The second-order valence-corrected chi connectivity index (χ2v) is 12.1. The molecule has 1 saturated carbocycles. The fourth-order valence-corrected chi connectivity index (χ4v) is 7.05. The van der Waals surface area contributed by atoms with Gasteiger partial charge in [-0.15, -0.1) is 11.8 Å². The smallest absolute Gasteiger partial charge is 0.389 e. The Kier molecular flexibility index (Phi) is 7.88. The lowest BCUT2D eigenvalue weighted by atomic mass is 9.78. The Bertz CT molecular complexity index is 1240. The Hall–Kier alpha value is -2.35. The fraction of sp³-hybridized carbons (Fsp3) is 0.654. The van der Waals surface area contributed by atoms with Crippen molar-refractivity contribution < 1.29 is 28.2 Å². The summed E-state index contributed by atoms with van der Waals surface area (Å²) < 4.78 is 40.4. The fourth-order valence-electron chi connectivity index (χ4n) is 5.81. The Labute approximate surface area is 229 Å². The first-order valence-electron chi connectivity index (χ1n) is 13.4. The lowest BCUT2D eigenvalue weighted by Crippen LogP contribution is -2.63. The number of aryl methyl sites for hydroxylation is 1. The molecule has 4 N–H and O–H groups in total. The number of aliphatic hydroxyl groups is 2. The molecule has 214 valence electrons. The average Bonchev–Trinajstić information content (AvgIpc) is 3.49. The third kappa shape index (κ3) is 5.91. The molecule has 2 atom stereocenters. The predicted molar refractivity (Wildman–Crippen MR) is 145 cm³/mol. The van der Waals surface area contributed by atoms with Crippen molar-refractivity contribution in [3.63, 3.8) is 0 Å². The van der Waals surface area contributed by atoms with Crippen molar-refractivity contribution in [3.05, 3.63) is 23.8 Å². The zero-order valence-corrected chi connectivity index (χ0v) is 22.9. The number of hydrogen-bond donors (Lipinski definition) is 4. The number of anilines is 1. The maximum absolute atomic E-state index is 13.0. The Morgan fingerprint density at radius 1 is 1.28 bits per heavy atom. The number of likely N-dealkylation sites (tertiary alicyclic amines) is 1. The number of aliphatic hydroxyl groups excluding tert-OH is 1. The van der Waals surface area contributed by atoms with Crippen molar-refractivity contribution in [2.75, 3.05) is 31.5 Å². The average molecular weight is 569 g/mol. The van der Waals surface area contributed by atoms with Crippen LogP contribution in [0.2, 0.25) is 0 Å². The molecular formula is C26H35F3N6O3S. The number of carbonyl (C=O) groups is 1. The van der Waals surface area contributed by atoms with Gasteiger partial charge in [-0.05, 0) is 49.8 Å². The van der Waals surface area contributed by atoms with Crippen LogP contribution in [0.25, 0.3) is 10.9 Å². The molecule has 1 amide bonds. The molecule has 2 unspecified atom stereocenters. The summed E-state index contributed by atoms with van der Waals surface area (Å²) >= 11 is 1.73. The van der Waals surface area contributed by atoms with Crippen LogP contribution < -0.4 is 10.6 Å². The number of amides is 1. The van der Waals surface area contributed by atoms with Crippen LogP contribution in [-0.4, -0.2) is 91.1 Å². The Balaban J connectivity index is 1.08. The van der Waals surface area contributed by atoms with Crippen LogP contribution in [0.5, 0.6) is 0 Å². The summed E-state index contributed by atoms with van der Waals surface area (Å²) in [5.74, 6) is 0.0497. The largest absolute Gasteiger partial charge is 0.418 e. The number of alkyl halides is 3. The number of nitrogens with one attached hydrogen (secondary N) is 2. The molecule has 3 aliphatic rings. The maximum Gasteiger partial charge on any atom is 0.418 e. The number of fused-ring (bicyclic) bond motifs is 1. The molecule has 1 aromatic heterocycles. The van der Waals surface area contributed by atoms with Crippen molar-refractivity contribution in [1.29, 1.82) is 0 Å². The second-order valence-electron chi connectivity index (χ2n) is 10.8. The normalized spacial score (nSPS) is 27.3. The summed E-state index contributed by atoms with van der Waals surface area (Å²) in [5, 5.41) is 32.7. The number of thioether (sulfide) groups is 1. The van der Waals surface area contributed by atoms with E-state index in [9.17, 15) is 28.2 Å². The molecule has 2 aliphatic heterocycles. The van der Waals surface area contributed by atoms with Gasteiger partial charge < -0.3 is 20.8 Å². The minimum atomic E-state index is -4.78. The van der Waals surface area contributed by atoms with Gasteiger partial charge in [-0.25, -0.2) is 0 Å². The van der Waals surface area contributed by atoms with Crippen molar-refractivity contribution in [1.82, 2.24) is 20.0 Å². The van der Waals surface area contributed by atoms with Crippen LogP contribution in [0, 0.1) is 0 Å². The van der Waals surface area contributed by atoms with E-state index in [0.717, 1.165) is 50.2 Å². The van der Waals surface area contributed by atoms with E-state index >= 15 is 0 Å². The third-order valence-electron chi connectivity index (χ3n) is 8.14. The first kappa shape index (κ1) is 28.2. The number of benzene rings is 1. The molecule has 2 aromatic rings. The summed E-state index contributed by atoms with van der Waals surface area (Å²) in [6, 6.07) is 4.36. The summed E-state index contributed by atoms with van der Waals surface area (Å²) in [6.07, 6.45) is -3.08. The maximum atomic E-state index is 13.0. The van der Waals surface area contributed by atoms with Crippen molar-refractivity contribution in [2.45, 2.75) is 74.2 Å². The van der Waals surface area contributed by atoms with Gasteiger partial charge in [0.2, 0.25) is 5.91 Å². The first-order valence-corrected chi connectivity index (χ1v) is 14.3. The standard InChI is InChI=1S/C26H35F3N6O3S/c1-3-22-30-11-20(39-22)25(38)8-6-17(7-9-25)35-13-16(14-35)32-21(36)12-31-24-18-10-15(23(37)26(27,28)29)4-5-19(18)34(2)33-24/h4-5,10,16-17,20,23,37-38H,3,6-9,11-14H2,1-2H3,(H,31,33)(H,32,36). The number of aliphatic imine (C=N–C) groups is 1. The molecule has 0 bridgehead atoms. The quantitative estimate of drug-likeness (QED) is 0.387. The van der Waals surface area contributed by atoms with Crippen LogP contribution in [-0.2, 0) is 11.8 Å². The van der Waals surface area contributed by atoms with E-state index in [1.54, 1.807) is 18.8 Å². The molecular weight excluding hydrogens is 533 g/mol. The molecule has 3 heterocycles. The van der Waals surface area contributed by atoms with E-state index in [0.29, 0.717) is 23.5 Å². The SMILES string of the molecule is CCC1=NCC(C2(O)CCC(N3CC(NC(=O)CNc4nn(C)c5ccc(C(O)C(F)(F)F)cc45)C3)CC2)S1. The van der Waals surface area contributed by atoms with E-state index in [4.69, 9.17) is 0 Å². The van der Waals surface area contributed by atoms with E-state index in [2.05, 4.69) is 32.5 Å². The monoisotopic (exact) mass is 568 g/mol. The second kappa shape index (κ2) is 10.9. The molecule has 0 radical (unpaired) electrons. The topological polar surface area (TPSA) is 115 Å². The molecule has 39 heavy (non-hydrogen) atoms. The molecule has 5 rings (SSSR count). The van der Waals surface area contributed by atoms with Crippen molar-refractivity contribution >= 4 is 39.4 Å². The van der Waals surface area contributed by atoms with Crippen LogP contribution in [0.4, 0.5) is 19.0 Å². The predicted octanol–water partition coefficient (Wildman–Crippen LogP) is 2.98. The molecule has 1 saturated heterocycles. The highest BCUT2D eigenvalue weighted by Crippen LogP contribution is 2.42. The van der Waals surface area contributed by atoms with Gasteiger partial charge >= 0.3 is 6.18 Å². The molecule has 9 nitrogen and oxygen atoms in total. The van der Waals surface area contributed by atoms with Gasteiger partial charge in [0.1, 0.15) is 0 Å². The summed E-state index contributed by atoms with van der Waals surface area (Å²) in [6.45, 7) is 4.22. The van der Waals surface area contributed by atoms with Gasteiger partial charge in [0, 0.05) is 31.6 Å². The highest BCUT2D eigenvalue weighted by Gasteiger charge is 2.45. The molecule has 1 aromatic carbocycles. The van der Waals surface area contributed by atoms with Gasteiger partial charge in [-0.3, -0.25) is 19.4 Å². The van der Waals surface area contributed by atoms with Gasteiger partial charge in [0.15, 0.2) is 11.9 Å². The number of halogens is 3. The highest BCUT2D eigenvalue weighted by molar-refractivity contribution is 8.14. The number of carbonyl (C=O) groups excluding carboxylic acids is 1. The van der Waals surface area contributed by atoms with E-state index in [1.165, 1.54) is 22.9 Å². The lowest BCUT2D eigenvalue weighted by Gasteiger charge is -2.49. The van der Waals surface area contributed by atoms with Crippen molar-refractivity contribution in [3.8, 4) is 0 Å². The number of aromatic nitrogens is 2. The van der Waals surface area contributed by atoms with Crippen LogP contribution >= 0.6 is 11.8 Å². The zero-order chi connectivity index (χ0) is 27.9. The minimum absolute atomic E-state index is 0.0278. The number of nitrogens with zero attached hydrogens (tertiary/aromatic N) is 4. The minimum Gasteiger partial charge on any atom is -0.389 e. The zero-order valence-electron chi connectivity index (χ0n) is 22.0. The van der Waals surface area contributed by atoms with E-state index < -0.39 is 17.9 Å². The number of rotatable bonds is 8. The Morgan fingerprint density at radius 2 is 2.00 bits per heavy atom. The molecule has 13 heteroatoms. The van der Waals surface area contributed by atoms with Crippen LogP contribution in [0.3, 0.4) is 0 Å². The molecule has 2 fully saturated rings. The lowest BCUT2D eigenvalue weighted by molar-refractivity contribution is -0.206. The summed E-state index contributed by atoms with van der Waals surface area (Å²) in [4.78, 5) is 19.5. The van der Waals surface area contributed by atoms with Crippen LogP contribution in [0.15, 0.2) is 23.2 Å². The van der Waals surface area contributed by atoms with Gasteiger partial charge in [-0.1, -0.05) is 13.0 Å². The molecule has 1 aliphatic carbocycles. The third-order valence-corrected chi connectivity index (χ3v) is 9.70. The van der Waals surface area contributed by atoms with Gasteiger partial charge in [0.05, 0.1) is 40.5 Å². The van der Waals surface area contributed by atoms with Crippen LogP contribution in [0.1, 0.15) is 50.7 Å². The summed E-state index contributed by atoms with van der Waals surface area (Å²) in [5.41, 5.74) is -0.366. The van der Waals surface area contributed by atoms with Gasteiger partial charge in [0.25, 0.3) is 0 Å². The van der Waals surface area contributed by atoms with E-state index in [1.807, 2.05) is 0 Å². The van der Waals surface area contributed by atoms with Crippen molar-refractivity contribution in [2.24, 2.45) is 12.0 Å². The highest BCUT2D eigenvalue weighted by atomic mass is 32.2. The number of hydrogen-bond acceptors (Lipinski definition) is 8. The first-order chi connectivity index (χ1) is 18.5. The molecule has 0 spiro atoms. The van der Waals surface area contributed by atoms with E-state index in [-0.39, 0.29) is 35.1 Å².